The molecule has 1 unspecified atom stereocenters. The Labute approximate surface area is 316 Å². The molecule has 2 aromatic carbocycles. The van der Waals surface area contributed by atoms with E-state index in [1.165, 1.54) is 11.1 Å². The van der Waals surface area contributed by atoms with Crippen LogP contribution in [0.4, 0.5) is 0 Å². The lowest BCUT2D eigenvalue weighted by Crippen LogP contribution is -2.48. The third kappa shape index (κ3) is 7.76. The number of likely N-dealkylation sites (tertiary alicyclic amines) is 1. The van der Waals surface area contributed by atoms with E-state index in [1.807, 2.05) is 36.7 Å². The molecule has 0 amide bonds. The van der Waals surface area contributed by atoms with Gasteiger partial charge < -0.3 is 37.9 Å². The first-order valence-electron chi connectivity index (χ1n) is 18.1. The maximum Gasteiger partial charge on any atom is 0.231 e. The summed E-state index contributed by atoms with van der Waals surface area (Å²) in [5, 5.41) is 0. The standard InChI is InChI=1S/C42H48N4O8/c1-47-37-19-29(20-38(48-2)41(37)51-5)33-17-27(9-13-43-33)24-45-15-11-31(12-16-45)46(32-7-8-35-36(23-32)54-26-53-35)25-28-10-14-44-34(18-28)30-21-39(49-3)42(52-6)40(22-30)50-4/h8-10,13-14,17-23,31-32H,7,11-12,15-16,24-26H2,1-6H3. The zero-order chi connectivity index (χ0) is 37.6. The molecular formula is C42H48N4O8. The molecule has 12 nitrogen and oxygen atoms in total. The summed E-state index contributed by atoms with van der Waals surface area (Å²) < 4.78 is 45.1. The van der Waals surface area contributed by atoms with Gasteiger partial charge in [-0.2, -0.15) is 0 Å². The van der Waals surface area contributed by atoms with Crippen LogP contribution in [0.15, 0.2) is 84.6 Å². The second-order valence-electron chi connectivity index (χ2n) is 13.4. The van der Waals surface area contributed by atoms with E-state index < -0.39 is 0 Å². The van der Waals surface area contributed by atoms with E-state index in [9.17, 15) is 0 Å². The van der Waals surface area contributed by atoms with Gasteiger partial charge in [0, 0.05) is 48.7 Å². The van der Waals surface area contributed by atoms with Gasteiger partial charge >= 0.3 is 0 Å². The maximum absolute atomic E-state index is 5.84. The summed E-state index contributed by atoms with van der Waals surface area (Å²) in [5.41, 5.74) is 5.85. The van der Waals surface area contributed by atoms with Crippen LogP contribution in [0.1, 0.15) is 30.4 Å². The van der Waals surface area contributed by atoms with Crippen molar-refractivity contribution in [1.82, 2.24) is 19.8 Å². The molecule has 2 aliphatic heterocycles. The van der Waals surface area contributed by atoms with Crippen molar-refractivity contribution in [2.75, 3.05) is 62.5 Å². The molecule has 1 aliphatic carbocycles. The van der Waals surface area contributed by atoms with Crippen LogP contribution in [0.2, 0.25) is 0 Å². The molecule has 4 heterocycles. The Balaban J connectivity index is 1.08. The van der Waals surface area contributed by atoms with Crippen molar-refractivity contribution < 1.29 is 37.9 Å². The van der Waals surface area contributed by atoms with Gasteiger partial charge in [-0.25, -0.2) is 0 Å². The van der Waals surface area contributed by atoms with E-state index >= 15 is 0 Å². The van der Waals surface area contributed by atoms with Gasteiger partial charge in [0.2, 0.25) is 18.3 Å². The topological polar surface area (TPSA) is 106 Å². The van der Waals surface area contributed by atoms with Crippen molar-refractivity contribution in [2.24, 2.45) is 0 Å². The smallest absolute Gasteiger partial charge is 0.231 e. The SMILES string of the molecule is COc1cc(-c2cc(CN3CCC(N(Cc4ccnc(-c5cc(OC)c(OC)c(OC)c5)c4)C4C=C5OCOC5=CC4)CC3)ccn2)cc(OC)c1OC. The minimum atomic E-state index is 0.168. The molecule has 4 aromatic rings. The highest BCUT2D eigenvalue weighted by Gasteiger charge is 2.33. The number of rotatable bonds is 14. The monoisotopic (exact) mass is 736 g/mol. The van der Waals surface area contributed by atoms with Gasteiger partial charge in [0.05, 0.1) is 54.0 Å². The highest BCUT2D eigenvalue weighted by molar-refractivity contribution is 5.70. The molecule has 0 radical (unpaired) electrons. The Hall–Kier alpha value is -5.46. The van der Waals surface area contributed by atoms with E-state index in [0.717, 1.165) is 79.5 Å². The summed E-state index contributed by atoms with van der Waals surface area (Å²) in [4.78, 5) is 14.6. The van der Waals surface area contributed by atoms with Gasteiger partial charge in [-0.05, 0) is 104 Å². The van der Waals surface area contributed by atoms with E-state index in [0.29, 0.717) is 40.5 Å². The second-order valence-corrected chi connectivity index (χ2v) is 13.4. The molecule has 3 aliphatic rings. The molecular weight excluding hydrogens is 688 g/mol. The number of hydrogen-bond acceptors (Lipinski definition) is 12. The van der Waals surface area contributed by atoms with Gasteiger partial charge in [0.1, 0.15) is 0 Å². The van der Waals surface area contributed by atoms with E-state index in [2.05, 4.69) is 51.2 Å². The van der Waals surface area contributed by atoms with Gasteiger partial charge in [0.15, 0.2) is 34.5 Å². The molecule has 54 heavy (non-hydrogen) atoms. The van der Waals surface area contributed by atoms with Crippen molar-refractivity contribution >= 4 is 0 Å². The van der Waals surface area contributed by atoms with Crippen LogP contribution in [0.3, 0.4) is 0 Å². The third-order valence-corrected chi connectivity index (χ3v) is 10.4. The van der Waals surface area contributed by atoms with Crippen LogP contribution in [0, 0.1) is 0 Å². The molecule has 12 heteroatoms. The fourth-order valence-electron chi connectivity index (χ4n) is 7.60. The normalized spacial score (nSPS) is 17.1. The molecule has 0 spiro atoms. The van der Waals surface area contributed by atoms with Gasteiger partial charge in [-0.15, -0.1) is 0 Å². The van der Waals surface area contributed by atoms with Crippen molar-refractivity contribution in [2.45, 2.75) is 44.4 Å². The first-order valence-corrected chi connectivity index (χ1v) is 18.1. The Morgan fingerprint density at radius 1 is 0.667 bits per heavy atom. The first kappa shape index (κ1) is 36.9. The predicted molar refractivity (Wildman–Crippen MR) is 204 cm³/mol. The summed E-state index contributed by atoms with van der Waals surface area (Å²) in [6.45, 7) is 3.80. The minimum Gasteiger partial charge on any atom is -0.493 e. The average Bonchev–Trinajstić information content (AvgIpc) is 3.70. The zero-order valence-electron chi connectivity index (χ0n) is 31.8. The Morgan fingerprint density at radius 3 is 1.72 bits per heavy atom. The van der Waals surface area contributed by atoms with Gasteiger partial charge in [-0.1, -0.05) is 0 Å². The van der Waals surface area contributed by atoms with Crippen molar-refractivity contribution in [3.8, 4) is 57.0 Å². The molecule has 0 N–H and O–H groups in total. The van der Waals surface area contributed by atoms with E-state index in [-0.39, 0.29) is 12.8 Å². The summed E-state index contributed by atoms with van der Waals surface area (Å²) in [6, 6.07) is 16.8. The summed E-state index contributed by atoms with van der Waals surface area (Å²) in [6.07, 6.45) is 11.1. The number of methoxy groups -OCH3 is 6. The number of pyridine rings is 2. The zero-order valence-corrected chi connectivity index (χ0v) is 31.8. The fourth-order valence-corrected chi connectivity index (χ4v) is 7.60. The summed E-state index contributed by atoms with van der Waals surface area (Å²) in [7, 11) is 9.70. The Kier molecular flexibility index (Phi) is 11.4. The minimum absolute atomic E-state index is 0.168. The van der Waals surface area contributed by atoms with Crippen LogP contribution < -0.4 is 28.4 Å². The highest BCUT2D eigenvalue weighted by atomic mass is 16.7. The Bertz CT molecular complexity index is 1960. The number of piperidine rings is 1. The number of aromatic nitrogens is 2. The lowest BCUT2D eigenvalue weighted by molar-refractivity contribution is 0.0771. The molecule has 2 fully saturated rings. The molecule has 0 saturated carbocycles. The van der Waals surface area contributed by atoms with Crippen molar-refractivity contribution in [3.05, 3.63) is 95.7 Å². The number of benzene rings is 2. The quantitative estimate of drug-likeness (QED) is 0.135. The summed E-state index contributed by atoms with van der Waals surface area (Å²) in [5.74, 6) is 5.17. The lowest BCUT2D eigenvalue weighted by Gasteiger charge is -2.42. The van der Waals surface area contributed by atoms with E-state index in [4.69, 9.17) is 42.9 Å². The predicted octanol–water partition coefficient (Wildman–Crippen LogP) is 6.87. The second kappa shape index (κ2) is 16.7. The van der Waals surface area contributed by atoms with Crippen LogP contribution in [0.25, 0.3) is 22.5 Å². The number of fused-ring (bicyclic) bond motifs is 1. The maximum atomic E-state index is 5.84. The van der Waals surface area contributed by atoms with Crippen LogP contribution in [-0.4, -0.2) is 94.4 Å². The first-order chi connectivity index (χ1) is 26.4. The molecule has 284 valence electrons. The number of nitrogens with zero attached hydrogens (tertiary/aromatic N) is 4. The molecule has 2 saturated heterocycles. The number of ether oxygens (including phenoxy) is 8. The highest BCUT2D eigenvalue weighted by Crippen LogP contribution is 2.42. The molecule has 7 rings (SSSR count). The fraction of sp³-hybridized carbons (Fsp3) is 0.381. The molecule has 0 bridgehead atoms. The number of hydrogen-bond donors (Lipinski definition) is 0. The van der Waals surface area contributed by atoms with Crippen molar-refractivity contribution in [3.63, 3.8) is 0 Å². The molecule has 1 atom stereocenters. The van der Waals surface area contributed by atoms with Crippen molar-refractivity contribution in [1.29, 1.82) is 0 Å². The summed E-state index contributed by atoms with van der Waals surface area (Å²) >= 11 is 0. The molecule has 2 aromatic heterocycles. The average molecular weight is 737 g/mol. The van der Waals surface area contributed by atoms with Gasteiger partial charge in [-0.3, -0.25) is 19.8 Å². The third-order valence-electron chi connectivity index (χ3n) is 10.4. The van der Waals surface area contributed by atoms with Crippen LogP contribution in [0.5, 0.6) is 34.5 Å². The Morgan fingerprint density at radius 2 is 1.19 bits per heavy atom. The lowest BCUT2D eigenvalue weighted by atomic mass is 9.96. The van der Waals surface area contributed by atoms with Crippen LogP contribution >= 0.6 is 0 Å². The largest absolute Gasteiger partial charge is 0.493 e. The van der Waals surface area contributed by atoms with Crippen LogP contribution in [-0.2, 0) is 22.6 Å². The van der Waals surface area contributed by atoms with E-state index in [1.54, 1.807) is 42.7 Å². The van der Waals surface area contributed by atoms with Gasteiger partial charge in [0.25, 0.3) is 0 Å².